The Hall–Kier alpha value is -7.55. The van der Waals surface area contributed by atoms with Gasteiger partial charge in [0.25, 0.3) is 11.1 Å². The Morgan fingerprint density at radius 2 is 0.884 bits per heavy atom. The number of hydrogen-bond acceptors (Lipinski definition) is 15. The van der Waals surface area contributed by atoms with Crippen molar-refractivity contribution in [1.82, 2.24) is 39.6 Å². The zero-order chi connectivity index (χ0) is 69.5. The number of alkyl halides is 1. The van der Waals surface area contributed by atoms with E-state index in [4.69, 9.17) is 29.4 Å². The van der Waals surface area contributed by atoms with Gasteiger partial charge in [-0.25, -0.2) is 36.5 Å². The third-order valence-corrected chi connectivity index (χ3v) is 15.4. The summed E-state index contributed by atoms with van der Waals surface area (Å²) in [7, 11) is 3.12. The van der Waals surface area contributed by atoms with Gasteiger partial charge in [0.1, 0.15) is 40.3 Å². The van der Waals surface area contributed by atoms with E-state index < -0.39 is 11.2 Å². The van der Waals surface area contributed by atoms with Crippen molar-refractivity contribution in [2.45, 2.75) is 160 Å². The monoisotopic (exact) mass is 1390 g/mol. The predicted octanol–water partition coefficient (Wildman–Crippen LogP) is 11.0. The van der Waals surface area contributed by atoms with Gasteiger partial charge in [-0.15, -0.1) is 0 Å². The molecule has 4 aliphatic rings. The smallest absolute Gasteiger partial charge is 0.410 e. The van der Waals surface area contributed by atoms with E-state index in [1.165, 1.54) is 76.1 Å². The van der Waals surface area contributed by atoms with Crippen molar-refractivity contribution in [3.05, 3.63) is 193 Å². The number of benzene rings is 4. The molecule has 4 aliphatic heterocycles. The fraction of sp³-hybridized carbons (Fsp3) is 0.500. The van der Waals surface area contributed by atoms with Crippen LogP contribution in [0.1, 0.15) is 121 Å². The molecule has 2 aromatic heterocycles. The maximum atomic E-state index is 13.2. The molecule has 4 aromatic carbocycles. The number of carbonyl (C=O) groups excluding carboxylic acids is 3. The topological polar surface area (TPSA) is 235 Å². The van der Waals surface area contributed by atoms with E-state index in [9.17, 15) is 46.6 Å². The van der Waals surface area contributed by atoms with Gasteiger partial charge in [-0.3, -0.25) is 14.4 Å². The molecule has 3 amide bonds. The second-order valence-electron chi connectivity index (χ2n) is 25.2. The number of nitrogens with one attached hydrogen (secondary N) is 1. The molecule has 0 bridgehead atoms. The SMILES string of the molecule is CC(C)(C)OC(=O)N1CCC(O)CC1.CC(C)(C)OC(=O)N1CCC(OCc2cccc(F)c2)CC1.Cn1nc(CC(=O)N2CCC(OCc3cccc(F)c3)CC2)ccc1=O.Cn1nc(N)ccc1=O.Fc1cccc(CBr)c1.Fc1cccc(COC2CCNCC2)c1. The van der Waals surface area contributed by atoms with Crippen LogP contribution in [0.3, 0.4) is 0 Å². The van der Waals surface area contributed by atoms with Crippen LogP contribution >= 0.6 is 15.9 Å². The van der Waals surface area contributed by atoms with Crippen LogP contribution in [-0.4, -0.2) is 145 Å². The van der Waals surface area contributed by atoms with E-state index in [1.807, 2.05) is 65.8 Å². The van der Waals surface area contributed by atoms with Gasteiger partial charge in [0.2, 0.25) is 5.91 Å². The molecule has 20 nitrogen and oxygen atoms in total. The molecule has 520 valence electrons. The summed E-state index contributed by atoms with van der Waals surface area (Å²) >= 11 is 3.22. The number of piperidine rings is 4. The number of aromatic nitrogens is 4. The quantitative estimate of drug-likeness (QED) is 0.0763. The van der Waals surface area contributed by atoms with Crippen LogP contribution in [0.2, 0.25) is 0 Å². The van der Waals surface area contributed by atoms with Crippen LogP contribution in [0.15, 0.2) is 131 Å². The number of nitrogen functional groups attached to an aromatic ring is 1. The predicted molar refractivity (Wildman–Crippen MR) is 359 cm³/mol. The number of halogens is 5. The molecule has 0 spiro atoms. The van der Waals surface area contributed by atoms with Crippen LogP contribution in [0, 0.1) is 23.3 Å². The molecule has 95 heavy (non-hydrogen) atoms. The highest BCUT2D eigenvalue weighted by molar-refractivity contribution is 9.08. The molecule has 4 saturated heterocycles. The highest BCUT2D eigenvalue weighted by Crippen LogP contribution is 2.21. The van der Waals surface area contributed by atoms with Crippen molar-refractivity contribution in [3.8, 4) is 0 Å². The van der Waals surface area contributed by atoms with Crippen LogP contribution < -0.4 is 22.2 Å². The number of amides is 3. The summed E-state index contributed by atoms with van der Waals surface area (Å²) in [5.74, 6) is -0.524. The number of aliphatic hydroxyl groups is 1. The van der Waals surface area contributed by atoms with Crippen molar-refractivity contribution in [2.75, 3.05) is 58.1 Å². The van der Waals surface area contributed by atoms with Crippen molar-refractivity contribution in [1.29, 1.82) is 0 Å². The Labute approximate surface area is 563 Å². The molecule has 6 aromatic rings. The lowest BCUT2D eigenvalue weighted by atomic mass is 10.1. The molecule has 0 atom stereocenters. The van der Waals surface area contributed by atoms with Crippen molar-refractivity contribution < 1.29 is 60.7 Å². The van der Waals surface area contributed by atoms with Gasteiger partial charge in [-0.1, -0.05) is 64.5 Å². The summed E-state index contributed by atoms with van der Waals surface area (Å²) < 4.78 is 81.8. The fourth-order valence-electron chi connectivity index (χ4n) is 9.71. The van der Waals surface area contributed by atoms with E-state index in [1.54, 1.807) is 59.1 Å². The van der Waals surface area contributed by atoms with Gasteiger partial charge in [-0.05, 0) is 189 Å². The van der Waals surface area contributed by atoms with Crippen LogP contribution in [0.5, 0.6) is 0 Å². The Bertz CT molecular complexity index is 3410. The maximum Gasteiger partial charge on any atom is 0.410 e. The van der Waals surface area contributed by atoms with Crippen molar-refractivity contribution in [2.24, 2.45) is 14.1 Å². The highest BCUT2D eigenvalue weighted by atomic mass is 79.9. The lowest BCUT2D eigenvalue weighted by Crippen LogP contribution is -2.43. The summed E-state index contributed by atoms with van der Waals surface area (Å²) in [6, 6.07) is 31.8. The van der Waals surface area contributed by atoms with E-state index >= 15 is 0 Å². The normalized spacial score (nSPS) is 15.5. The molecule has 0 saturated carbocycles. The summed E-state index contributed by atoms with van der Waals surface area (Å²) in [4.78, 5) is 63.0. The van der Waals surface area contributed by atoms with Crippen molar-refractivity contribution in [3.63, 3.8) is 0 Å². The first-order valence-electron chi connectivity index (χ1n) is 31.9. The number of rotatable bonds is 12. The number of hydrogen-bond donors (Lipinski definition) is 3. The molecule has 0 unspecified atom stereocenters. The summed E-state index contributed by atoms with van der Waals surface area (Å²) in [6.45, 7) is 18.2. The number of anilines is 1. The molecule has 10 rings (SSSR count). The van der Waals surface area contributed by atoms with E-state index in [0.717, 1.165) is 73.9 Å². The molecule has 0 aliphatic carbocycles. The average Bonchev–Trinajstić information content (AvgIpc) is 1.34. The van der Waals surface area contributed by atoms with Gasteiger partial charge >= 0.3 is 12.2 Å². The number of aliphatic hydroxyl groups excluding tert-OH is 1. The first-order valence-corrected chi connectivity index (χ1v) is 33.1. The minimum atomic E-state index is -0.470. The standard InChI is InChI=1S/C19H22FN3O3.C17H24FNO3.C12H16FNO.C10H19NO3.C7H6BrF.C5H7N3O/c1-22-18(24)6-5-16(21-22)12-19(25)23-9-7-17(8-10-23)26-13-14-3-2-4-15(20)11-14;1-17(2,3)22-16(20)19-9-7-15(8-10-19)21-12-13-5-4-6-14(18)11-13;13-11-3-1-2-10(8-11)9-15-12-4-6-14-7-5-12;1-10(2,3)14-9(13)11-6-4-8(12)5-7-11;8-5-6-2-1-3-7(9)4-6;1-8-5(9)3-2-4(6)7-8/h2-6,11,17H,7-10,12-13H2,1H3;4-6,11,15H,7-10,12H2,1-3H3;1-3,8,12,14H,4-7,9H2;8,12H,4-7H2,1-3H3;1-4H,5H2;2-3H,1H3,(H2,6,7). The molecule has 6 heterocycles. The summed E-state index contributed by atoms with van der Waals surface area (Å²) in [6.07, 6.45) is 6.34. The molecule has 0 radical (unpaired) electrons. The lowest BCUT2D eigenvalue weighted by molar-refractivity contribution is -0.133. The fourth-order valence-corrected chi connectivity index (χ4v) is 10.1. The van der Waals surface area contributed by atoms with Gasteiger partial charge < -0.3 is 54.5 Å². The van der Waals surface area contributed by atoms with E-state index in [-0.39, 0.29) is 77.2 Å². The van der Waals surface area contributed by atoms with E-state index in [0.29, 0.717) is 94.9 Å². The van der Waals surface area contributed by atoms with Crippen LogP contribution in [-0.2, 0) is 74.1 Å². The number of nitrogens with two attached hydrogens (primary N) is 1. The summed E-state index contributed by atoms with van der Waals surface area (Å²) in [5, 5.41) is 21.0. The van der Waals surface area contributed by atoms with Gasteiger partial charge in [-0.2, -0.15) is 10.2 Å². The molecule has 25 heteroatoms. The Balaban J connectivity index is 0.000000215. The first kappa shape index (κ1) is 78.1. The number of aryl methyl sites for hydroxylation is 2. The third kappa shape index (κ3) is 31.7. The lowest BCUT2D eigenvalue weighted by Gasteiger charge is -2.33. The average molecular weight is 1390 g/mol. The summed E-state index contributed by atoms with van der Waals surface area (Å²) in [5.41, 5.74) is 8.10. The zero-order valence-electron chi connectivity index (χ0n) is 55.8. The minimum Gasteiger partial charge on any atom is -0.444 e. The molecule has 4 fully saturated rings. The number of likely N-dealkylation sites (tertiary alicyclic amines) is 3. The Morgan fingerprint density at radius 1 is 0.526 bits per heavy atom. The molecular weight excluding hydrogens is 1300 g/mol. The zero-order valence-corrected chi connectivity index (χ0v) is 57.4. The Kier molecular flexibility index (Phi) is 33.0. The minimum absolute atomic E-state index is 0.000251. The number of carbonyl (C=O) groups is 3. The molecular formula is C70H94BrF4N9O11. The second kappa shape index (κ2) is 40.1. The largest absolute Gasteiger partial charge is 0.444 e. The van der Waals surface area contributed by atoms with Crippen LogP contribution in [0.4, 0.5) is 33.0 Å². The van der Waals surface area contributed by atoms with Gasteiger partial charge in [0, 0.05) is 70.8 Å². The highest BCUT2D eigenvalue weighted by Gasteiger charge is 2.29. The number of ether oxygens (including phenoxy) is 5. The van der Waals surface area contributed by atoms with Crippen molar-refractivity contribution >= 4 is 39.8 Å². The van der Waals surface area contributed by atoms with Gasteiger partial charge in [0.05, 0.1) is 56.4 Å². The maximum absolute atomic E-state index is 13.2. The number of nitrogens with zero attached hydrogens (tertiary/aromatic N) is 7. The first-order chi connectivity index (χ1) is 45.1. The van der Waals surface area contributed by atoms with Gasteiger partial charge in [0.15, 0.2) is 0 Å². The Morgan fingerprint density at radius 3 is 1.24 bits per heavy atom. The van der Waals surface area contributed by atoms with Crippen LogP contribution in [0.25, 0.3) is 0 Å². The van der Waals surface area contributed by atoms with E-state index in [2.05, 4.69) is 31.4 Å². The third-order valence-electron chi connectivity index (χ3n) is 14.8. The molecule has 4 N–H and O–H groups in total. The second-order valence-corrected chi connectivity index (χ2v) is 25.7.